The molecule has 2 aromatic heterocycles. The highest BCUT2D eigenvalue weighted by Gasteiger charge is 2.36. The zero-order valence-electron chi connectivity index (χ0n) is 18.4. The lowest BCUT2D eigenvalue weighted by Crippen LogP contribution is -2.39. The summed E-state index contributed by atoms with van der Waals surface area (Å²) in [5, 5.41) is 11.6. The maximum atomic E-state index is 13.6. The molecule has 8 nitrogen and oxygen atoms in total. The summed E-state index contributed by atoms with van der Waals surface area (Å²) < 4.78 is 68.9. The molecular weight excluding hydrogens is 485 g/mol. The number of rotatable bonds is 7. The molecule has 1 aliphatic carbocycles. The minimum Gasteiger partial charge on any atom is -0.481 e. The van der Waals surface area contributed by atoms with Crippen molar-refractivity contribution in [3.8, 4) is 11.3 Å². The van der Waals surface area contributed by atoms with Gasteiger partial charge in [0, 0.05) is 11.6 Å². The van der Waals surface area contributed by atoms with Crippen molar-refractivity contribution in [2.75, 3.05) is 10.0 Å². The summed E-state index contributed by atoms with van der Waals surface area (Å²) in [7, 11) is -4.28. The monoisotopic (exact) mass is 506 g/mol. The number of hydrogen-bond donors (Lipinski definition) is 3. The lowest BCUT2D eigenvalue weighted by atomic mass is 9.80. The molecule has 0 amide bonds. The fourth-order valence-electron chi connectivity index (χ4n) is 3.77. The Morgan fingerprint density at radius 3 is 2.37 bits per heavy atom. The number of hydrogen-bond acceptors (Lipinski definition) is 6. The Morgan fingerprint density at radius 2 is 1.71 bits per heavy atom. The van der Waals surface area contributed by atoms with E-state index in [1.165, 1.54) is 18.2 Å². The maximum Gasteiger partial charge on any atom is 0.418 e. The molecule has 3 N–H and O–H groups in total. The zero-order valence-corrected chi connectivity index (χ0v) is 19.2. The van der Waals surface area contributed by atoms with Gasteiger partial charge in [0.15, 0.2) is 5.03 Å². The molecule has 1 aliphatic rings. The molecule has 4 rings (SSSR count). The molecule has 0 atom stereocenters. The van der Waals surface area contributed by atoms with Gasteiger partial charge in [-0.1, -0.05) is 30.3 Å². The fourth-order valence-corrected chi connectivity index (χ4v) is 4.74. The van der Waals surface area contributed by atoms with Crippen molar-refractivity contribution < 1.29 is 31.5 Å². The largest absolute Gasteiger partial charge is 0.481 e. The molecule has 184 valence electrons. The van der Waals surface area contributed by atoms with Crippen LogP contribution in [0.1, 0.15) is 24.0 Å². The summed E-state index contributed by atoms with van der Waals surface area (Å²) in [6.45, 7) is 1.64. The van der Waals surface area contributed by atoms with Gasteiger partial charge in [-0.3, -0.25) is 9.52 Å². The first-order valence-electron chi connectivity index (χ1n) is 10.6. The van der Waals surface area contributed by atoms with Crippen LogP contribution in [-0.4, -0.2) is 35.5 Å². The second-order valence-electron chi connectivity index (χ2n) is 8.22. The Labute approximate surface area is 199 Å². The minimum absolute atomic E-state index is 0.150. The van der Waals surface area contributed by atoms with Crippen molar-refractivity contribution in [3.05, 3.63) is 65.7 Å². The van der Waals surface area contributed by atoms with Gasteiger partial charge in [0.2, 0.25) is 0 Å². The maximum absolute atomic E-state index is 13.6. The van der Waals surface area contributed by atoms with Crippen molar-refractivity contribution in [1.29, 1.82) is 0 Å². The van der Waals surface area contributed by atoms with E-state index in [9.17, 15) is 26.4 Å². The number of nitrogens with one attached hydrogen (secondary N) is 2. The third-order valence-corrected chi connectivity index (χ3v) is 6.93. The topological polar surface area (TPSA) is 121 Å². The molecular formula is C23H21F3N4O4S. The normalized spacial score (nSPS) is 17.9. The van der Waals surface area contributed by atoms with Crippen LogP contribution in [0.3, 0.4) is 0 Å². The van der Waals surface area contributed by atoms with Crippen LogP contribution in [0.2, 0.25) is 0 Å². The van der Waals surface area contributed by atoms with E-state index in [4.69, 9.17) is 5.11 Å². The summed E-state index contributed by atoms with van der Waals surface area (Å²) in [6, 6.07) is 12.2. The number of pyridine rings is 2. The number of aryl methyl sites for hydroxylation is 1. The highest BCUT2D eigenvalue weighted by Crippen LogP contribution is 2.38. The van der Waals surface area contributed by atoms with Crippen LogP contribution in [0.4, 0.5) is 24.8 Å². The summed E-state index contributed by atoms with van der Waals surface area (Å²) >= 11 is 0. The number of sulfonamides is 1. The Hall–Kier alpha value is -3.67. The van der Waals surface area contributed by atoms with Crippen LogP contribution < -0.4 is 10.0 Å². The smallest absolute Gasteiger partial charge is 0.418 e. The van der Waals surface area contributed by atoms with Gasteiger partial charge in [0.25, 0.3) is 10.0 Å². The quantitative estimate of drug-likeness (QED) is 0.430. The van der Waals surface area contributed by atoms with E-state index in [-0.39, 0.29) is 28.3 Å². The van der Waals surface area contributed by atoms with Crippen molar-refractivity contribution >= 4 is 27.6 Å². The van der Waals surface area contributed by atoms with Gasteiger partial charge >= 0.3 is 12.1 Å². The number of anilines is 2. The molecule has 0 aliphatic heterocycles. The van der Waals surface area contributed by atoms with Gasteiger partial charge in [0.05, 0.1) is 17.2 Å². The van der Waals surface area contributed by atoms with Crippen LogP contribution in [0, 0.1) is 12.8 Å². The Bertz CT molecular complexity index is 1370. The van der Waals surface area contributed by atoms with Crippen molar-refractivity contribution in [3.63, 3.8) is 0 Å². The average Bonchev–Trinajstić information content (AvgIpc) is 2.75. The molecule has 1 aromatic carbocycles. The molecule has 12 heteroatoms. The number of nitrogens with zero attached hydrogens (tertiary/aromatic N) is 2. The Balaban J connectivity index is 1.60. The first-order chi connectivity index (χ1) is 16.4. The Morgan fingerprint density at radius 1 is 1.00 bits per heavy atom. The second kappa shape index (κ2) is 9.17. The standard InChI is InChI=1S/C23H21F3N4O4S/c1-13-5-2-3-6-16(13)21-17(23(24,25)26)9-10-19(29-21)30-35(33,34)20-8-4-7-18(28-20)27-15-11-14(12-15)22(31)32/h2-10,14-15H,11-12H2,1H3,(H,27,28)(H,29,30)(H,31,32). The van der Waals surface area contributed by atoms with Crippen LogP contribution in [0.15, 0.2) is 59.6 Å². The van der Waals surface area contributed by atoms with E-state index in [2.05, 4.69) is 20.0 Å². The van der Waals surface area contributed by atoms with E-state index in [0.717, 1.165) is 12.1 Å². The van der Waals surface area contributed by atoms with E-state index >= 15 is 0 Å². The number of benzene rings is 1. The molecule has 0 spiro atoms. The minimum atomic E-state index is -4.69. The molecule has 0 bridgehead atoms. The molecule has 1 saturated carbocycles. The third-order valence-electron chi connectivity index (χ3n) is 5.68. The molecule has 0 unspecified atom stereocenters. The van der Waals surface area contributed by atoms with Crippen molar-refractivity contribution in [1.82, 2.24) is 9.97 Å². The predicted octanol–water partition coefficient (Wildman–Crippen LogP) is 4.55. The van der Waals surface area contributed by atoms with E-state index in [1.807, 2.05) is 0 Å². The summed E-state index contributed by atoms with van der Waals surface area (Å²) in [5.41, 5.74) is -0.603. The molecule has 2 heterocycles. The van der Waals surface area contributed by atoms with E-state index in [0.29, 0.717) is 18.4 Å². The first-order valence-corrected chi connectivity index (χ1v) is 12.1. The SMILES string of the molecule is Cc1ccccc1-c1nc(NS(=O)(=O)c2cccc(NC3CC(C(=O)O)C3)n2)ccc1C(F)(F)F. The lowest BCUT2D eigenvalue weighted by molar-refractivity contribution is -0.144. The molecule has 1 fully saturated rings. The second-order valence-corrected chi connectivity index (χ2v) is 9.85. The van der Waals surface area contributed by atoms with Crippen LogP contribution >= 0.6 is 0 Å². The predicted molar refractivity (Wildman–Crippen MR) is 122 cm³/mol. The summed E-state index contributed by atoms with van der Waals surface area (Å²) in [4.78, 5) is 19.0. The average molecular weight is 507 g/mol. The number of alkyl halides is 3. The number of aliphatic carboxylic acids is 1. The number of carbonyl (C=O) groups is 1. The highest BCUT2D eigenvalue weighted by atomic mass is 32.2. The van der Waals surface area contributed by atoms with Gasteiger partial charge in [-0.05, 0) is 49.6 Å². The van der Waals surface area contributed by atoms with E-state index in [1.54, 1.807) is 31.2 Å². The van der Waals surface area contributed by atoms with Crippen LogP contribution in [0.5, 0.6) is 0 Å². The number of carboxylic acid groups (broad SMARTS) is 1. The van der Waals surface area contributed by atoms with E-state index < -0.39 is 39.3 Å². The number of aromatic nitrogens is 2. The molecule has 0 radical (unpaired) electrons. The highest BCUT2D eigenvalue weighted by molar-refractivity contribution is 7.92. The molecule has 3 aromatic rings. The zero-order chi connectivity index (χ0) is 25.4. The lowest BCUT2D eigenvalue weighted by Gasteiger charge is -2.33. The van der Waals surface area contributed by atoms with Crippen molar-refractivity contribution in [2.24, 2.45) is 5.92 Å². The third kappa shape index (κ3) is 5.37. The molecule has 0 saturated heterocycles. The summed E-state index contributed by atoms with van der Waals surface area (Å²) in [5.74, 6) is -1.39. The van der Waals surface area contributed by atoms with Gasteiger partial charge in [-0.25, -0.2) is 9.97 Å². The van der Waals surface area contributed by atoms with Crippen molar-refractivity contribution in [2.45, 2.75) is 37.0 Å². The van der Waals surface area contributed by atoms with Gasteiger partial charge in [-0.2, -0.15) is 21.6 Å². The van der Waals surface area contributed by atoms with Gasteiger partial charge < -0.3 is 10.4 Å². The first kappa shape index (κ1) is 24.5. The molecule has 35 heavy (non-hydrogen) atoms. The van der Waals surface area contributed by atoms with Gasteiger partial charge in [-0.15, -0.1) is 0 Å². The van der Waals surface area contributed by atoms with Crippen LogP contribution in [-0.2, 0) is 21.0 Å². The number of carboxylic acids is 1. The fraction of sp³-hybridized carbons (Fsp3) is 0.261. The Kier molecular flexibility index (Phi) is 6.41. The van der Waals surface area contributed by atoms with Gasteiger partial charge in [0.1, 0.15) is 11.6 Å². The number of halogens is 3. The summed E-state index contributed by atoms with van der Waals surface area (Å²) in [6.07, 6.45) is -3.91. The van der Waals surface area contributed by atoms with Crippen LogP contribution in [0.25, 0.3) is 11.3 Å².